The van der Waals surface area contributed by atoms with E-state index in [2.05, 4.69) is 0 Å². The lowest BCUT2D eigenvalue weighted by Gasteiger charge is -2.19. The summed E-state index contributed by atoms with van der Waals surface area (Å²) < 4.78 is 22.4. The Morgan fingerprint density at radius 2 is 1.75 bits per heavy atom. The smallest absolute Gasteiger partial charge is 0.328 e. The molecule has 1 aromatic carbocycles. The molecule has 1 aromatic rings. The Balaban J connectivity index is 3.19. The zero-order chi connectivity index (χ0) is 12.6. The SMILES string of the molecule is CC(N)(C(=O)O)c1ccc(S(C)(=O)=O)cc1. The molecule has 1 rings (SSSR count). The van der Waals surface area contributed by atoms with Crippen LogP contribution < -0.4 is 5.73 Å². The van der Waals surface area contributed by atoms with E-state index in [0.717, 1.165) is 6.26 Å². The summed E-state index contributed by atoms with van der Waals surface area (Å²) in [5.74, 6) is -1.17. The van der Waals surface area contributed by atoms with E-state index in [-0.39, 0.29) is 4.90 Å². The fraction of sp³-hybridized carbons (Fsp3) is 0.300. The van der Waals surface area contributed by atoms with E-state index >= 15 is 0 Å². The third-order valence-electron chi connectivity index (χ3n) is 2.33. The fourth-order valence-electron chi connectivity index (χ4n) is 1.17. The molecule has 0 saturated heterocycles. The summed E-state index contributed by atoms with van der Waals surface area (Å²) in [6.45, 7) is 1.35. The Kier molecular flexibility index (Phi) is 3.07. The van der Waals surface area contributed by atoms with Crippen molar-refractivity contribution < 1.29 is 18.3 Å². The normalized spacial score (nSPS) is 15.4. The molecule has 1 unspecified atom stereocenters. The minimum absolute atomic E-state index is 0.137. The van der Waals surface area contributed by atoms with E-state index in [4.69, 9.17) is 10.8 Å². The molecular formula is C10H13NO4S. The van der Waals surface area contributed by atoms with Gasteiger partial charge >= 0.3 is 5.97 Å². The predicted octanol–water partition coefficient (Wildman–Crippen LogP) is 0.349. The van der Waals surface area contributed by atoms with Crippen molar-refractivity contribution in [1.29, 1.82) is 0 Å². The van der Waals surface area contributed by atoms with E-state index in [1.165, 1.54) is 31.2 Å². The molecular weight excluding hydrogens is 230 g/mol. The lowest BCUT2D eigenvalue weighted by Crippen LogP contribution is -2.41. The van der Waals surface area contributed by atoms with Crippen molar-refractivity contribution in [3.05, 3.63) is 29.8 Å². The molecule has 0 aromatic heterocycles. The number of rotatable bonds is 3. The highest BCUT2D eigenvalue weighted by atomic mass is 32.2. The first-order valence-corrected chi connectivity index (χ1v) is 6.37. The van der Waals surface area contributed by atoms with Gasteiger partial charge in [0.25, 0.3) is 0 Å². The van der Waals surface area contributed by atoms with E-state index in [1.807, 2.05) is 0 Å². The van der Waals surface area contributed by atoms with E-state index in [1.54, 1.807) is 0 Å². The summed E-state index contributed by atoms with van der Waals surface area (Å²) in [5, 5.41) is 8.88. The highest BCUT2D eigenvalue weighted by Gasteiger charge is 2.30. The van der Waals surface area contributed by atoms with Crippen molar-refractivity contribution in [2.45, 2.75) is 17.4 Å². The molecule has 0 aliphatic carbocycles. The average molecular weight is 243 g/mol. The Hall–Kier alpha value is -1.40. The van der Waals surface area contributed by atoms with Gasteiger partial charge in [-0.3, -0.25) is 0 Å². The number of aliphatic carboxylic acids is 1. The molecule has 0 spiro atoms. The number of hydrogen-bond donors (Lipinski definition) is 2. The molecule has 88 valence electrons. The zero-order valence-corrected chi connectivity index (χ0v) is 9.78. The summed E-state index contributed by atoms with van der Waals surface area (Å²) >= 11 is 0. The van der Waals surface area contributed by atoms with Crippen LogP contribution >= 0.6 is 0 Å². The first-order chi connectivity index (χ1) is 7.15. The van der Waals surface area contributed by atoms with Crippen LogP contribution in [0.4, 0.5) is 0 Å². The van der Waals surface area contributed by atoms with Crippen LogP contribution in [0.15, 0.2) is 29.2 Å². The molecule has 0 amide bonds. The van der Waals surface area contributed by atoms with E-state index in [9.17, 15) is 13.2 Å². The minimum atomic E-state index is -3.27. The van der Waals surface area contributed by atoms with Gasteiger partial charge < -0.3 is 10.8 Å². The average Bonchev–Trinajstić information content (AvgIpc) is 2.16. The molecule has 0 heterocycles. The van der Waals surface area contributed by atoms with Crippen LogP contribution in [0.25, 0.3) is 0 Å². The molecule has 0 fully saturated rings. The van der Waals surface area contributed by atoms with Gasteiger partial charge in [0, 0.05) is 6.26 Å². The first kappa shape index (κ1) is 12.7. The van der Waals surface area contributed by atoms with Crippen molar-refractivity contribution in [2.24, 2.45) is 5.73 Å². The number of nitrogens with two attached hydrogens (primary N) is 1. The second kappa shape index (κ2) is 3.88. The van der Waals surface area contributed by atoms with Crippen LogP contribution in [-0.4, -0.2) is 25.7 Å². The van der Waals surface area contributed by atoms with Crippen LogP contribution in [0, 0.1) is 0 Å². The quantitative estimate of drug-likeness (QED) is 0.798. The Labute approximate surface area is 93.8 Å². The van der Waals surface area contributed by atoms with Gasteiger partial charge in [0.15, 0.2) is 9.84 Å². The molecule has 0 bridgehead atoms. The predicted molar refractivity (Wildman–Crippen MR) is 58.7 cm³/mol. The standard InChI is InChI=1S/C10H13NO4S/c1-10(11,9(12)13)7-3-5-8(6-4-7)16(2,14)15/h3-6H,11H2,1-2H3,(H,12,13). The zero-order valence-electron chi connectivity index (χ0n) is 8.97. The third kappa shape index (κ3) is 2.40. The van der Waals surface area contributed by atoms with Crippen LogP contribution in [0.5, 0.6) is 0 Å². The van der Waals surface area contributed by atoms with Crippen LogP contribution in [0.2, 0.25) is 0 Å². The molecule has 16 heavy (non-hydrogen) atoms. The van der Waals surface area contributed by atoms with Gasteiger partial charge in [0.1, 0.15) is 5.54 Å². The molecule has 6 heteroatoms. The largest absolute Gasteiger partial charge is 0.480 e. The number of sulfone groups is 1. The van der Waals surface area contributed by atoms with Crippen molar-refractivity contribution in [3.8, 4) is 0 Å². The second-order valence-corrected chi connectivity index (χ2v) is 5.82. The van der Waals surface area contributed by atoms with E-state index in [0.29, 0.717) is 5.56 Å². The van der Waals surface area contributed by atoms with Gasteiger partial charge in [-0.05, 0) is 24.6 Å². The molecule has 5 nitrogen and oxygen atoms in total. The van der Waals surface area contributed by atoms with Gasteiger partial charge in [-0.2, -0.15) is 0 Å². The highest BCUT2D eigenvalue weighted by molar-refractivity contribution is 7.90. The van der Waals surface area contributed by atoms with Crippen molar-refractivity contribution in [3.63, 3.8) is 0 Å². The van der Waals surface area contributed by atoms with Crippen molar-refractivity contribution in [2.75, 3.05) is 6.26 Å². The fourth-order valence-corrected chi connectivity index (χ4v) is 1.80. The van der Waals surface area contributed by atoms with Gasteiger partial charge in [-0.25, -0.2) is 13.2 Å². The molecule has 1 atom stereocenters. The Morgan fingerprint density at radius 1 is 1.31 bits per heavy atom. The van der Waals surface area contributed by atoms with Crippen LogP contribution in [0.3, 0.4) is 0 Å². The monoisotopic (exact) mass is 243 g/mol. The van der Waals surface area contributed by atoms with Gasteiger partial charge in [-0.1, -0.05) is 12.1 Å². The molecule has 0 aliphatic rings. The highest BCUT2D eigenvalue weighted by Crippen LogP contribution is 2.20. The van der Waals surface area contributed by atoms with Crippen molar-refractivity contribution >= 4 is 15.8 Å². The van der Waals surface area contributed by atoms with Crippen LogP contribution in [0.1, 0.15) is 12.5 Å². The molecule has 0 saturated carbocycles. The second-order valence-electron chi connectivity index (χ2n) is 3.80. The number of carboxylic acid groups (broad SMARTS) is 1. The summed E-state index contributed by atoms with van der Waals surface area (Å²) in [5.41, 5.74) is 4.43. The summed E-state index contributed by atoms with van der Waals surface area (Å²) in [6, 6.07) is 5.51. The Morgan fingerprint density at radius 3 is 2.06 bits per heavy atom. The van der Waals surface area contributed by atoms with Gasteiger partial charge in [0.05, 0.1) is 4.90 Å². The molecule has 0 aliphatic heterocycles. The number of carbonyl (C=O) groups is 1. The first-order valence-electron chi connectivity index (χ1n) is 4.48. The summed E-state index contributed by atoms with van der Waals surface area (Å²) in [4.78, 5) is 11.0. The molecule has 3 N–H and O–H groups in total. The minimum Gasteiger partial charge on any atom is -0.480 e. The maximum absolute atomic E-state index is 11.2. The number of carboxylic acids is 1. The Bertz CT molecular complexity index is 502. The maximum Gasteiger partial charge on any atom is 0.328 e. The maximum atomic E-state index is 11.2. The topological polar surface area (TPSA) is 97.5 Å². The summed E-state index contributed by atoms with van der Waals surface area (Å²) in [6.07, 6.45) is 1.08. The lowest BCUT2D eigenvalue weighted by molar-refractivity contribution is -0.143. The third-order valence-corrected chi connectivity index (χ3v) is 3.45. The summed E-state index contributed by atoms with van der Waals surface area (Å²) in [7, 11) is -3.27. The van der Waals surface area contributed by atoms with Crippen LogP contribution in [-0.2, 0) is 20.2 Å². The van der Waals surface area contributed by atoms with Crippen molar-refractivity contribution in [1.82, 2.24) is 0 Å². The van der Waals surface area contributed by atoms with Gasteiger partial charge in [0.2, 0.25) is 0 Å². The number of benzene rings is 1. The van der Waals surface area contributed by atoms with E-state index < -0.39 is 21.3 Å². The number of hydrogen-bond acceptors (Lipinski definition) is 4. The molecule has 0 radical (unpaired) electrons. The lowest BCUT2D eigenvalue weighted by atomic mass is 9.94. The van der Waals surface area contributed by atoms with Gasteiger partial charge in [-0.15, -0.1) is 0 Å².